The van der Waals surface area contributed by atoms with Gasteiger partial charge in [0.25, 0.3) is 5.91 Å². The van der Waals surface area contributed by atoms with Crippen LogP contribution in [-0.2, 0) is 9.59 Å². The second kappa shape index (κ2) is 5.17. The molecule has 2 rings (SSSR count). The number of carbonyl (C=O) groups excluding carboxylic acids is 2. The molecule has 0 aliphatic carbocycles. The summed E-state index contributed by atoms with van der Waals surface area (Å²) < 4.78 is 5.56. The second-order valence-corrected chi connectivity index (χ2v) is 4.26. The first kappa shape index (κ1) is 13.2. The number of carbonyl (C=O) groups is 2. The van der Waals surface area contributed by atoms with Gasteiger partial charge in [0, 0.05) is 13.1 Å². The fourth-order valence-electron chi connectivity index (χ4n) is 1.96. The molecule has 0 radical (unpaired) electrons. The summed E-state index contributed by atoms with van der Waals surface area (Å²) in [5.41, 5.74) is 0.415. The van der Waals surface area contributed by atoms with Crippen molar-refractivity contribution in [2.45, 2.75) is 19.4 Å². The van der Waals surface area contributed by atoms with Crippen molar-refractivity contribution in [1.29, 1.82) is 0 Å². The minimum atomic E-state index is -0.596. The summed E-state index contributed by atoms with van der Waals surface area (Å²) in [7, 11) is 1.51. The van der Waals surface area contributed by atoms with Crippen molar-refractivity contribution in [3.8, 4) is 11.5 Å². The monoisotopic (exact) mass is 264 g/mol. The third-order valence-electron chi connectivity index (χ3n) is 3.00. The van der Waals surface area contributed by atoms with Gasteiger partial charge in [-0.15, -0.1) is 0 Å². The Balaban J connectivity index is 2.41. The quantitative estimate of drug-likeness (QED) is 0.839. The van der Waals surface area contributed by atoms with Gasteiger partial charge in [-0.25, -0.2) is 0 Å². The summed E-state index contributed by atoms with van der Waals surface area (Å²) in [6.45, 7) is 1.75. The van der Waals surface area contributed by atoms with Crippen LogP contribution in [0.25, 0.3) is 0 Å². The van der Waals surface area contributed by atoms with Crippen LogP contribution in [-0.4, -0.2) is 36.6 Å². The lowest BCUT2D eigenvalue weighted by Gasteiger charge is -2.33. The fourth-order valence-corrected chi connectivity index (χ4v) is 1.96. The summed E-state index contributed by atoms with van der Waals surface area (Å²) in [6.07, 6.45) is -0.0784. The predicted octanol–water partition coefficient (Wildman–Crippen LogP) is 0.642. The molecule has 6 nitrogen and oxygen atoms in total. The van der Waals surface area contributed by atoms with Gasteiger partial charge in [0.1, 0.15) is 18.0 Å². The number of phenolic OH excluding ortho intramolecular Hbond substituents is 1. The molecule has 0 bridgehead atoms. The highest BCUT2D eigenvalue weighted by Gasteiger charge is 2.34. The third kappa shape index (κ3) is 2.47. The van der Waals surface area contributed by atoms with Crippen LogP contribution < -0.4 is 15.0 Å². The Kier molecular flexibility index (Phi) is 3.59. The smallest absolute Gasteiger partial charge is 0.268 e. The van der Waals surface area contributed by atoms with E-state index >= 15 is 0 Å². The van der Waals surface area contributed by atoms with Gasteiger partial charge in [-0.2, -0.15) is 0 Å². The maximum Gasteiger partial charge on any atom is 0.268 e. The van der Waals surface area contributed by atoms with Gasteiger partial charge in [-0.1, -0.05) is 6.92 Å². The number of anilines is 1. The second-order valence-electron chi connectivity index (χ2n) is 4.26. The molecule has 0 saturated heterocycles. The highest BCUT2D eigenvalue weighted by atomic mass is 16.5. The zero-order valence-corrected chi connectivity index (χ0v) is 10.8. The van der Waals surface area contributed by atoms with Gasteiger partial charge < -0.3 is 15.2 Å². The summed E-state index contributed by atoms with van der Waals surface area (Å²) in [6, 6.07) is 4.50. The molecule has 1 unspecified atom stereocenters. The predicted molar refractivity (Wildman–Crippen MR) is 69.2 cm³/mol. The molecule has 0 saturated carbocycles. The number of nitrogens with one attached hydrogen (secondary N) is 1. The molecule has 1 aromatic carbocycles. The van der Waals surface area contributed by atoms with Crippen molar-refractivity contribution in [3.05, 3.63) is 18.2 Å². The van der Waals surface area contributed by atoms with E-state index in [9.17, 15) is 14.7 Å². The van der Waals surface area contributed by atoms with Crippen LogP contribution >= 0.6 is 0 Å². The van der Waals surface area contributed by atoms with E-state index in [1.165, 1.54) is 24.1 Å². The molecule has 102 valence electrons. The average molecular weight is 264 g/mol. The van der Waals surface area contributed by atoms with Crippen LogP contribution in [0.4, 0.5) is 5.69 Å². The van der Waals surface area contributed by atoms with Crippen molar-refractivity contribution < 1.29 is 19.4 Å². The number of aromatic hydroxyl groups is 1. The van der Waals surface area contributed by atoms with Crippen LogP contribution in [0.3, 0.4) is 0 Å². The molecule has 1 aliphatic heterocycles. The highest BCUT2D eigenvalue weighted by molar-refractivity contribution is 6.03. The van der Waals surface area contributed by atoms with E-state index in [-0.39, 0.29) is 24.1 Å². The number of fused-ring (bicyclic) bond motifs is 1. The Bertz CT molecular complexity index is 515. The first-order chi connectivity index (χ1) is 9.06. The number of likely N-dealkylation sites (N-methyl/N-ethyl adjacent to an activating group) is 1. The van der Waals surface area contributed by atoms with Crippen LogP contribution in [0.1, 0.15) is 13.3 Å². The minimum absolute atomic E-state index is 0.0204. The van der Waals surface area contributed by atoms with Crippen LogP contribution in [0.15, 0.2) is 18.2 Å². The van der Waals surface area contributed by atoms with Crippen molar-refractivity contribution in [1.82, 2.24) is 5.32 Å². The lowest BCUT2D eigenvalue weighted by Crippen LogP contribution is -2.49. The number of phenols is 1. The summed E-state index contributed by atoms with van der Waals surface area (Å²) in [5, 5.41) is 12.0. The molecular weight excluding hydrogens is 248 g/mol. The van der Waals surface area contributed by atoms with Gasteiger partial charge in [0.15, 0.2) is 6.10 Å². The molecule has 1 heterocycles. The van der Waals surface area contributed by atoms with E-state index in [1.54, 1.807) is 6.07 Å². The van der Waals surface area contributed by atoms with Crippen molar-refractivity contribution >= 4 is 17.5 Å². The molecule has 2 N–H and O–H groups in total. The average Bonchev–Trinajstić information content (AvgIpc) is 2.41. The number of hydrogen-bond donors (Lipinski definition) is 2. The van der Waals surface area contributed by atoms with Gasteiger partial charge in [0.2, 0.25) is 5.91 Å². The Morgan fingerprint density at radius 1 is 1.53 bits per heavy atom. The number of ether oxygens (including phenoxy) is 1. The Hall–Kier alpha value is -2.24. The molecule has 1 aliphatic rings. The van der Waals surface area contributed by atoms with Gasteiger partial charge in [0.05, 0.1) is 5.69 Å². The molecule has 0 aromatic heterocycles. The Morgan fingerprint density at radius 2 is 2.26 bits per heavy atom. The van der Waals surface area contributed by atoms with Crippen molar-refractivity contribution in [3.63, 3.8) is 0 Å². The Morgan fingerprint density at radius 3 is 2.89 bits per heavy atom. The number of rotatable bonds is 3. The maximum absolute atomic E-state index is 12.2. The molecule has 1 atom stereocenters. The molecule has 2 amide bonds. The standard InChI is InChI=1S/C13H16N2O4/c1-3-10-13(18)15(7-12(17)14-2)9-6-8(16)4-5-11(9)19-10/h4-6,10,16H,3,7H2,1-2H3,(H,14,17). The topological polar surface area (TPSA) is 78.9 Å². The number of hydrogen-bond acceptors (Lipinski definition) is 4. The van der Waals surface area contributed by atoms with Crippen LogP contribution in [0.2, 0.25) is 0 Å². The van der Waals surface area contributed by atoms with Crippen LogP contribution in [0.5, 0.6) is 11.5 Å². The molecule has 0 fully saturated rings. The first-order valence-electron chi connectivity index (χ1n) is 6.08. The first-order valence-corrected chi connectivity index (χ1v) is 6.08. The molecule has 1 aromatic rings. The zero-order valence-electron chi connectivity index (χ0n) is 10.8. The van der Waals surface area contributed by atoms with E-state index in [1.807, 2.05) is 6.92 Å². The fraction of sp³-hybridized carbons (Fsp3) is 0.385. The summed E-state index contributed by atoms with van der Waals surface area (Å²) in [5.74, 6) is -0.0382. The number of amides is 2. The lowest BCUT2D eigenvalue weighted by molar-refractivity contribution is -0.128. The summed E-state index contributed by atoms with van der Waals surface area (Å²) in [4.78, 5) is 25.1. The van der Waals surface area contributed by atoms with Gasteiger partial charge >= 0.3 is 0 Å². The summed E-state index contributed by atoms with van der Waals surface area (Å²) >= 11 is 0. The third-order valence-corrected chi connectivity index (χ3v) is 3.00. The normalized spacial score (nSPS) is 17.7. The molecule has 0 spiro atoms. The highest BCUT2D eigenvalue weighted by Crippen LogP contribution is 2.37. The lowest BCUT2D eigenvalue weighted by atomic mass is 10.1. The number of nitrogens with zero attached hydrogens (tertiary/aromatic N) is 1. The van der Waals surface area contributed by atoms with E-state index in [0.29, 0.717) is 17.9 Å². The largest absolute Gasteiger partial charge is 0.508 e. The van der Waals surface area contributed by atoms with Crippen molar-refractivity contribution in [2.24, 2.45) is 0 Å². The molecule has 19 heavy (non-hydrogen) atoms. The van der Waals surface area contributed by atoms with Gasteiger partial charge in [-0.3, -0.25) is 14.5 Å². The van der Waals surface area contributed by atoms with E-state index in [2.05, 4.69) is 5.32 Å². The van der Waals surface area contributed by atoms with E-state index in [4.69, 9.17) is 4.74 Å². The van der Waals surface area contributed by atoms with Crippen molar-refractivity contribution in [2.75, 3.05) is 18.5 Å². The van der Waals surface area contributed by atoms with Crippen LogP contribution in [0, 0.1) is 0 Å². The maximum atomic E-state index is 12.2. The van der Waals surface area contributed by atoms with E-state index < -0.39 is 6.10 Å². The minimum Gasteiger partial charge on any atom is -0.508 e. The Labute approximate surface area is 111 Å². The van der Waals surface area contributed by atoms with Gasteiger partial charge in [-0.05, 0) is 18.6 Å². The molecule has 6 heteroatoms. The SMILES string of the molecule is CCC1Oc2ccc(O)cc2N(CC(=O)NC)C1=O. The number of benzene rings is 1. The zero-order chi connectivity index (χ0) is 14.0. The molecular formula is C13H16N2O4. The van der Waals surface area contributed by atoms with E-state index in [0.717, 1.165) is 0 Å².